The first-order chi connectivity index (χ1) is 18.5. The number of fused-ring (bicyclic) bond motifs is 1. The van der Waals surface area contributed by atoms with Gasteiger partial charge in [0, 0.05) is 49.9 Å². The van der Waals surface area contributed by atoms with Gasteiger partial charge >= 0.3 is 0 Å². The number of hydrogen-bond donors (Lipinski definition) is 1. The molecule has 0 unspecified atom stereocenters. The minimum atomic E-state index is -0.301. The zero-order valence-electron chi connectivity index (χ0n) is 21.4. The Kier molecular flexibility index (Phi) is 7.14. The van der Waals surface area contributed by atoms with Crippen LogP contribution in [-0.4, -0.2) is 81.9 Å². The Labute approximate surface area is 226 Å². The summed E-state index contributed by atoms with van der Waals surface area (Å²) in [6.07, 6.45) is 4.01. The molecule has 2 aliphatic heterocycles. The fourth-order valence-corrected chi connectivity index (χ4v) is 5.50. The fourth-order valence-electron chi connectivity index (χ4n) is 5.37. The number of rotatable bonds is 6. The number of nitrogens with zero attached hydrogens (tertiary/aromatic N) is 7. The number of likely N-dealkylation sites (tertiary alicyclic amines) is 1. The normalized spacial score (nSPS) is 17.4. The molecule has 198 valence electrons. The van der Waals surface area contributed by atoms with E-state index in [1.54, 1.807) is 28.9 Å². The molecule has 0 spiro atoms. The van der Waals surface area contributed by atoms with Gasteiger partial charge in [-0.3, -0.25) is 4.90 Å². The van der Waals surface area contributed by atoms with Crippen molar-refractivity contribution in [1.29, 1.82) is 0 Å². The second kappa shape index (κ2) is 10.8. The Morgan fingerprint density at radius 1 is 0.789 bits per heavy atom. The zero-order chi connectivity index (χ0) is 26.1. The lowest BCUT2D eigenvalue weighted by atomic mass is 10.1. The van der Waals surface area contributed by atoms with Crippen molar-refractivity contribution < 1.29 is 4.39 Å². The van der Waals surface area contributed by atoms with Crippen LogP contribution < -0.4 is 10.6 Å². The number of benzene rings is 2. The van der Waals surface area contributed by atoms with Gasteiger partial charge in [0.15, 0.2) is 5.65 Å². The minimum Gasteiger partial charge on any atom is -0.383 e. The third-order valence-electron chi connectivity index (χ3n) is 7.58. The Morgan fingerprint density at radius 3 is 2.13 bits per heavy atom. The first kappa shape index (κ1) is 25.0. The van der Waals surface area contributed by atoms with Crippen LogP contribution in [0.1, 0.15) is 19.3 Å². The molecular weight excluding hydrogens is 503 g/mol. The third-order valence-corrected chi connectivity index (χ3v) is 7.83. The molecule has 2 saturated heterocycles. The van der Waals surface area contributed by atoms with Crippen molar-refractivity contribution in [3.8, 4) is 16.9 Å². The minimum absolute atomic E-state index is 0.301. The van der Waals surface area contributed by atoms with E-state index in [1.807, 2.05) is 12.1 Å². The van der Waals surface area contributed by atoms with E-state index in [4.69, 9.17) is 32.4 Å². The predicted octanol–water partition coefficient (Wildman–Crippen LogP) is 4.47. The quantitative estimate of drug-likeness (QED) is 0.391. The van der Waals surface area contributed by atoms with Crippen molar-refractivity contribution in [1.82, 2.24) is 29.5 Å². The van der Waals surface area contributed by atoms with E-state index in [9.17, 15) is 4.39 Å². The van der Waals surface area contributed by atoms with Crippen molar-refractivity contribution in [2.75, 3.05) is 63.0 Å². The maximum atomic E-state index is 13.7. The van der Waals surface area contributed by atoms with E-state index in [-0.39, 0.29) is 5.82 Å². The van der Waals surface area contributed by atoms with E-state index in [0.29, 0.717) is 33.5 Å². The van der Waals surface area contributed by atoms with Crippen molar-refractivity contribution in [2.45, 2.75) is 19.3 Å². The number of halogens is 2. The van der Waals surface area contributed by atoms with Gasteiger partial charge in [-0.25, -0.2) is 14.1 Å². The number of nitrogen functional groups attached to an aromatic ring is 1. The van der Waals surface area contributed by atoms with Crippen LogP contribution in [0.5, 0.6) is 0 Å². The van der Waals surface area contributed by atoms with Crippen LogP contribution in [0.4, 0.5) is 16.2 Å². The van der Waals surface area contributed by atoms with Crippen LogP contribution in [0, 0.1) is 5.82 Å². The number of anilines is 2. The van der Waals surface area contributed by atoms with Gasteiger partial charge in [0.2, 0.25) is 5.95 Å². The molecule has 0 saturated carbocycles. The molecular formula is C28H32ClFN8. The molecule has 2 fully saturated rings. The highest BCUT2D eigenvalue weighted by Gasteiger charge is 2.24. The molecule has 2 aromatic carbocycles. The molecule has 38 heavy (non-hydrogen) atoms. The summed E-state index contributed by atoms with van der Waals surface area (Å²) in [5.74, 6) is 0.744. The Hall–Kier alpha value is -3.27. The molecule has 2 aliphatic rings. The Morgan fingerprint density at radius 2 is 1.45 bits per heavy atom. The highest BCUT2D eigenvalue weighted by molar-refractivity contribution is 6.30. The van der Waals surface area contributed by atoms with Gasteiger partial charge in [-0.15, -0.1) is 5.10 Å². The Balaban J connectivity index is 1.29. The van der Waals surface area contributed by atoms with E-state index in [1.165, 1.54) is 44.5 Å². The predicted molar refractivity (Wildman–Crippen MR) is 150 cm³/mol. The van der Waals surface area contributed by atoms with Gasteiger partial charge in [-0.1, -0.05) is 18.0 Å². The maximum absolute atomic E-state index is 13.7. The summed E-state index contributed by atoms with van der Waals surface area (Å²) in [6, 6.07) is 13.6. The van der Waals surface area contributed by atoms with Crippen molar-refractivity contribution in [3.63, 3.8) is 0 Å². The van der Waals surface area contributed by atoms with Crippen molar-refractivity contribution in [3.05, 3.63) is 59.4 Å². The summed E-state index contributed by atoms with van der Waals surface area (Å²) in [4.78, 5) is 17.1. The van der Waals surface area contributed by atoms with Crippen LogP contribution in [0.3, 0.4) is 0 Å². The second-order valence-corrected chi connectivity index (χ2v) is 10.5. The van der Waals surface area contributed by atoms with Crippen LogP contribution >= 0.6 is 11.6 Å². The van der Waals surface area contributed by atoms with Gasteiger partial charge < -0.3 is 15.5 Å². The third kappa shape index (κ3) is 5.18. The molecule has 4 heterocycles. The summed E-state index contributed by atoms with van der Waals surface area (Å²) in [7, 11) is 0. The molecule has 4 aromatic rings. The number of piperazine rings is 1. The standard InChI is InChI=1S/C28H32ClFN8/c29-21-6-10-23(11-7-21)38-26(31)24-25(20-4-8-22(30)9-5-20)32-28(33-27(24)34-38)37-18-16-36(17-19-37)15-14-35-12-2-1-3-13-35/h4-11H,1-3,12-19,31H2. The summed E-state index contributed by atoms with van der Waals surface area (Å²) in [6.45, 7) is 8.28. The molecule has 0 aliphatic carbocycles. The van der Waals surface area contributed by atoms with Crippen LogP contribution in [0.2, 0.25) is 5.02 Å². The monoisotopic (exact) mass is 534 g/mol. The molecule has 8 nitrogen and oxygen atoms in total. The first-order valence-electron chi connectivity index (χ1n) is 13.3. The SMILES string of the molecule is Nc1c2c(-c3ccc(F)cc3)nc(N3CCN(CCN4CCCCC4)CC3)nc2nn1-c1ccc(Cl)cc1. The molecule has 6 rings (SSSR count). The number of nitrogens with two attached hydrogens (primary N) is 1. The smallest absolute Gasteiger partial charge is 0.228 e. The molecule has 0 atom stereocenters. The molecule has 2 aromatic heterocycles. The molecule has 0 bridgehead atoms. The molecule has 2 N–H and O–H groups in total. The lowest BCUT2D eigenvalue weighted by Gasteiger charge is -2.36. The summed E-state index contributed by atoms with van der Waals surface area (Å²) < 4.78 is 15.4. The lowest BCUT2D eigenvalue weighted by Crippen LogP contribution is -2.49. The molecule has 0 amide bonds. The molecule has 10 heteroatoms. The Bertz CT molecular complexity index is 1390. The van der Waals surface area contributed by atoms with E-state index >= 15 is 0 Å². The van der Waals surface area contributed by atoms with Gasteiger partial charge in [0.25, 0.3) is 0 Å². The summed E-state index contributed by atoms with van der Waals surface area (Å²) >= 11 is 6.09. The highest BCUT2D eigenvalue weighted by Crippen LogP contribution is 2.34. The molecule has 0 radical (unpaired) electrons. The zero-order valence-corrected chi connectivity index (χ0v) is 22.1. The van der Waals surface area contributed by atoms with Crippen molar-refractivity contribution >= 4 is 34.4 Å². The van der Waals surface area contributed by atoms with Crippen molar-refractivity contribution in [2.24, 2.45) is 0 Å². The van der Waals surface area contributed by atoms with Crippen LogP contribution in [-0.2, 0) is 0 Å². The van der Waals surface area contributed by atoms with E-state index in [0.717, 1.165) is 50.5 Å². The summed E-state index contributed by atoms with van der Waals surface area (Å²) in [5.41, 5.74) is 9.31. The average molecular weight is 535 g/mol. The van der Waals surface area contributed by atoms with Gasteiger partial charge in [0.1, 0.15) is 11.6 Å². The lowest BCUT2D eigenvalue weighted by molar-refractivity contribution is 0.176. The number of aromatic nitrogens is 4. The van der Waals surface area contributed by atoms with Gasteiger partial charge in [-0.05, 0) is 74.5 Å². The number of piperidine rings is 1. The highest BCUT2D eigenvalue weighted by atomic mass is 35.5. The number of hydrogen-bond acceptors (Lipinski definition) is 7. The largest absolute Gasteiger partial charge is 0.383 e. The van der Waals surface area contributed by atoms with Gasteiger partial charge in [0.05, 0.1) is 16.8 Å². The topological polar surface area (TPSA) is 79.3 Å². The second-order valence-electron chi connectivity index (χ2n) is 10.1. The fraction of sp³-hybridized carbons (Fsp3) is 0.393. The maximum Gasteiger partial charge on any atom is 0.228 e. The first-order valence-corrected chi connectivity index (χ1v) is 13.7. The van der Waals surface area contributed by atoms with E-state index < -0.39 is 0 Å². The summed E-state index contributed by atoms with van der Waals surface area (Å²) in [5, 5.41) is 6.03. The van der Waals surface area contributed by atoms with E-state index in [2.05, 4.69) is 14.7 Å². The van der Waals surface area contributed by atoms with Crippen LogP contribution in [0.15, 0.2) is 48.5 Å². The van der Waals surface area contributed by atoms with Gasteiger partial charge in [-0.2, -0.15) is 4.98 Å². The average Bonchev–Trinajstić information content (AvgIpc) is 3.29. The van der Waals surface area contributed by atoms with Crippen LogP contribution in [0.25, 0.3) is 28.0 Å².